The number of benzene rings is 1. The molecule has 1 aliphatic carbocycles. The van der Waals surface area contributed by atoms with E-state index in [1.54, 1.807) is 7.11 Å². The molecule has 0 spiro atoms. The average Bonchev–Trinajstić information content (AvgIpc) is 2.86. The van der Waals surface area contributed by atoms with Crippen molar-refractivity contribution in [3.05, 3.63) is 32.9 Å². The highest BCUT2D eigenvalue weighted by atomic mass is 127. The average molecular weight is 384 g/mol. The number of hydrogen-bond acceptors (Lipinski definition) is 3. The van der Waals surface area contributed by atoms with Crippen LogP contribution in [-0.2, 0) is 11.2 Å². The number of nitrogens with zero attached hydrogens (tertiary/aromatic N) is 2. The van der Waals surface area contributed by atoms with E-state index in [1.807, 2.05) is 0 Å². The molecular weight excluding hydrogens is 363 g/mol. The number of halogens is 1. The Morgan fingerprint density at radius 3 is 3.10 bits per heavy atom. The Morgan fingerprint density at radius 2 is 2.25 bits per heavy atom. The molecule has 0 bridgehead atoms. The van der Waals surface area contributed by atoms with Crippen LogP contribution in [0.3, 0.4) is 0 Å². The van der Waals surface area contributed by atoms with Crippen LogP contribution in [0.15, 0.2) is 23.3 Å². The predicted molar refractivity (Wildman–Crippen MR) is 90.2 cm³/mol. The Kier molecular flexibility index (Phi) is 4.61. The first-order chi connectivity index (χ1) is 9.78. The number of ether oxygens (including phenoxy) is 1. The molecule has 4 heteroatoms. The highest BCUT2D eigenvalue weighted by Gasteiger charge is 2.25. The first kappa shape index (κ1) is 14.3. The summed E-state index contributed by atoms with van der Waals surface area (Å²) in [5, 5.41) is 7.23. The zero-order valence-corrected chi connectivity index (χ0v) is 14.1. The SMILES string of the molecule is COCC1CCCN1N=C1CCCc2cc(I)ccc21. The fraction of sp³-hybridized carbons (Fsp3) is 0.562. The summed E-state index contributed by atoms with van der Waals surface area (Å²) in [6, 6.07) is 7.20. The van der Waals surface area contributed by atoms with Gasteiger partial charge in [-0.15, -0.1) is 0 Å². The molecule has 0 N–H and O–H groups in total. The van der Waals surface area contributed by atoms with Crippen molar-refractivity contribution in [2.24, 2.45) is 5.10 Å². The molecule has 3 rings (SSSR count). The van der Waals surface area contributed by atoms with E-state index in [-0.39, 0.29) is 0 Å². The molecular formula is C16H21IN2O. The van der Waals surface area contributed by atoms with E-state index < -0.39 is 0 Å². The molecule has 1 aromatic carbocycles. The van der Waals surface area contributed by atoms with Crippen LogP contribution in [0.25, 0.3) is 0 Å². The van der Waals surface area contributed by atoms with Crippen molar-refractivity contribution >= 4 is 28.3 Å². The van der Waals surface area contributed by atoms with Gasteiger partial charge in [0.25, 0.3) is 0 Å². The molecule has 3 nitrogen and oxygen atoms in total. The zero-order chi connectivity index (χ0) is 13.9. The lowest BCUT2D eigenvalue weighted by atomic mass is 9.90. The van der Waals surface area contributed by atoms with Crippen LogP contribution >= 0.6 is 22.6 Å². The van der Waals surface area contributed by atoms with Gasteiger partial charge in [0, 0.05) is 22.8 Å². The summed E-state index contributed by atoms with van der Waals surface area (Å²) < 4.78 is 6.64. The first-order valence-corrected chi connectivity index (χ1v) is 8.47. The summed E-state index contributed by atoms with van der Waals surface area (Å²) >= 11 is 2.39. The molecule has 1 heterocycles. The normalized spacial score (nSPS) is 24.2. The monoisotopic (exact) mass is 384 g/mol. The molecule has 0 aromatic heterocycles. The van der Waals surface area contributed by atoms with Gasteiger partial charge in [0.15, 0.2) is 0 Å². The molecule has 1 aliphatic heterocycles. The number of aryl methyl sites for hydroxylation is 1. The van der Waals surface area contributed by atoms with Crippen LogP contribution in [0.4, 0.5) is 0 Å². The molecule has 1 unspecified atom stereocenters. The van der Waals surface area contributed by atoms with Gasteiger partial charge in [-0.1, -0.05) is 6.07 Å². The Bertz CT molecular complexity index is 515. The third kappa shape index (κ3) is 3.01. The minimum atomic E-state index is 0.460. The molecule has 108 valence electrons. The van der Waals surface area contributed by atoms with Gasteiger partial charge < -0.3 is 4.74 Å². The van der Waals surface area contributed by atoms with Crippen molar-refractivity contribution in [1.82, 2.24) is 5.01 Å². The van der Waals surface area contributed by atoms with Crippen molar-refractivity contribution in [2.45, 2.75) is 38.1 Å². The fourth-order valence-electron chi connectivity index (χ4n) is 3.20. The van der Waals surface area contributed by atoms with Gasteiger partial charge in [0.05, 0.1) is 18.4 Å². The smallest absolute Gasteiger partial charge is 0.0704 e. The summed E-state index contributed by atoms with van der Waals surface area (Å²) in [7, 11) is 1.78. The molecule has 1 atom stereocenters. The zero-order valence-electron chi connectivity index (χ0n) is 11.9. The van der Waals surface area contributed by atoms with E-state index in [0.717, 1.165) is 19.6 Å². The fourth-order valence-corrected chi connectivity index (χ4v) is 3.76. The van der Waals surface area contributed by atoms with E-state index in [0.29, 0.717) is 6.04 Å². The second-order valence-corrected chi connectivity index (χ2v) is 6.86. The molecule has 0 saturated carbocycles. The molecule has 1 aromatic rings. The van der Waals surface area contributed by atoms with E-state index in [2.05, 4.69) is 45.8 Å². The van der Waals surface area contributed by atoms with E-state index >= 15 is 0 Å². The summed E-state index contributed by atoms with van der Waals surface area (Å²) in [6.45, 7) is 1.85. The largest absolute Gasteiger partial charge is 0.382 e. The lowest BCUT2D eigenvalue weighted by molar-refractivity contribution is 0.118. The molecule has 0 radical (unpaired) electrons. The maximum absolute atomic E-state index is 5.32. The Hall–Kier alpha value is -0.620. The number of hydrazone groups is 1. The third-order valence-electron chi connectivity index (χ3n) is 4.19. The number of rotatable bonds is 3. The van der Waals surface area contributed by atoms with Crippen molar-refractivity contribution in [3.63, 3.8) is 0 Å². The summed E-state index contributed by atoms with van der Waals surface area (Å²) in [5.41, 5.74) is 4.09. The van der Waals surface area contributed by atoms with Crippen LogP contribution in [0.2, 0.25) is 0 Å². The van der Waals surface area contributed by atoms with Crippen LogP contribution < -0.4 is 0 Å². The summed E-state index contributed by atoms with van der Waals surface area (Å²) in [6.07, 6.45) is 5.93. The standard InChI is InChI=1S/C16H21IN2O/c1-20-11-14-5-3-9-19(14)18-16-6-2-4-12-10-13(17)7-8-15(12)16/h7-8,10,14H,2-6,9,11H2,1H3. The maximum Gasteiger partial charge on any atom is 0.0704 e. The minimum Gasteiger partial charge on any atom is -0.382 e. The van der Waals surface area contributed by atoms with Gasteiger partial charge in [-0.2, -0.15) is 5.10 Å². The quantitative estimate of drug-likeness (QED) is 0.746. The van der Waals surface area contributed by atoms with Crippen molar-refractivity contribution < 1.29 is 4.74 Å². The Balaban J connectivity index is 1.86. The third-order valence-corrected chi connectivity index (χ3v) is 4.86. The summed E-state index contributed by atoms with van der Waals surface area (Å²) in [5.74, 6) is 0. The highest BCUT2D eigenvalue weighted by molar-refractivity contribution is 14.1. The lowest BCUT2D eigenvalue weighted by Crippen LogP contribution is -2.30. The van der Waals surface area contributed by atoms with Crippen LogP contribution in [0.5, 0.6) is 0 Å². The van der Waals surface area contributed by atoms with Crippen molar-refractivity contribution in [2.75, 3.05) is 20.3 Å². The second kappa shape index (κ2) is 6.43. The van der Waals surface area contributed by atoms with Crippen molar-refractivity contribution in [1.29, 1.82) is 0 Å². The minimum absolute atomic E-state index is 0.460. The number of methoxy groups -OCH3 is 1. The molecule has 20 heavy (non-hydrogen) atoms. The Labute approximate surface area is 134 Å². The summed E-state index contributed by atoms with van der Waals surface area (Å²) in [4.78, 5) is 0. The first-order valence-electron chi connectivity index (χ1n) is 7.40. The van der Waals surface area contributed by atoms with Crippen molar-refractivity contribution in [3.8, 4) is 0 Å². The van der Waals surface area contributed by atoms with Gasteiger partial charge in [0.1, 0.15) is 0 Å². The lowest BCUT2D eigenvalue weighted by Gasteiger charge is -2.25. The molecule has 1 fully saturated rings. The van der Waals surface area contributed by atoms with E-state index in [1.165, 1.54) is 46.1 Å². The number of fused-ring (bicyclic) bond motifs is 1. The highest BCUT2D eigenvalue weighted by Crippen LogP contribution is 2.26. The maximum atomic E-state index is 5.32. The van der Waals surface area contributed by atoms with E-state index in [9.17, 15) is 0 Å². The number of hydrogen-bond donors (Lipinski definition) is 0. The van der Waals surface area contributed by atoms with Gasteiger partial charge in [0.2, 0.25) is 0 Å². The second-order valence-electron chi connectivity index (χ2n) is 5.62. The van der Waals surface area contributed by atoms with Gasteiger partial charge in [-0.05, 0) is 72.4 Å². The predicted octanol–water partition coefficient (Wildman–Crippen LogP) is 3.44. The van der Waals surface area contributed by atoms with Crippen LogP contribution in [0, 0.1) is 3.57 Å². The van der Waals surface area contributed by atoms with Crippen LogP contribution in [-0.4, -0.2) is 37.0 Å². The topological polar surface area (TPSA) is 24.8 Å². The van der Waals surface area contributed by atoms with Crippen LogP contribution in [0.1, 0.15) is 36.8 Å². The molecule has 2 aliphatic rings. The van der Waals surface area contributed by atoms with Gasteiger partial charge >= 0.3 is 0 Å². The molecule has 1 saturated heterocycles. The van der Waals surface area contributed by atoms with E-state index in [4.69, 9.17) is 9.84 Å². The Morgan fingerprint density at radius 1 is 1.35 bits per heavy atom. The van der Waals surface area contributed by atoms with Gasteiger partial charge in [-0.25, -0.2) is 0 Å². The molecule has 0 amide bonds. The van der Waals surface area contributed by atoms with Gasteiger partial charge in [-0.3, -0.25) is 5.01 Å².